The van der Waals surface area contributed by atoms with Crippen LogP contribution in [0.4, 0.5) is 9.18 Å². The van der Waals surface area contributed by atoms with Gasteiger partial charge in [-0.15, -0.1) is 0 Å². The Kier molecular flexibility index (Phi) is 10.8. The highest BCUT2D eigenvalue weighted by atomic mass is 35.5. The lowest BCUT2D eigenvalue weighted by Crippen LogP contribution is -2.42. The number of halogens is 2. The first kappa shape index (κ1) is 30.6. The van der Waals surface area contributed by atoms with Crippen molar-refractivity contribution in [1.29, 1.82) is 0 Å². The molecule has 6 nitrogen and oxygen atoms in total. The molecule has 216 valence electrons. The molecule has 2 N–H and O–H groups in total. The highest BCUT2D eigenvalue weighted by Crippen LogP contribution is 2.34. The molecule has 0 spiro atoms. The molecular formula is C32H36BClFNO5. The van der Waals surface area contributed by atoms with Crippen molar-refractivity contribution in [3.63, 3.8) is 0 Å². The fourth-order valence-corrected chi connectivity index (χ4v) is 5.94. The van der Waals surface area contributed by atoms with Crippen molar-refractivity contribution in [2.75, 3.05) is 13.1 Å². The van der Waals surface area contributed by atoms with Crippen LogP contribution in [0.5, 0.6) is 0 Å². The van der Waals surface area contributed by atoms with E-state index in [9.17, 15) is 24.1 Å². The number of carbonyl (C=O) groups is 2. The number of nitrogens with zero attached hydrogens (tertiary/aromatic N) is 1. The van der Waals surface area contributed by atoms with Crippen molar-refractivity contribution in [2.45, 2.75) is 45.4 Å². The van der Waals surface area contributed by atoms with Gasteiger partial charge < -0.3 is 19.8 Å². The number of amides is 1. The zero-order valence-corrected chi connectivity index (χ0v) is 24.0. The summed E-state index contributed by atoms with van der Waals surface area (Å²) in [5.41, 5.74) is 3.03. The summed E-state index contributed by atoms with van der Waals surface area (Å²) in [6.45, 7) is 2.24. The summed E-state index contributed by atoms with van der Waals surface area (Å²) < 4.78 is 19.8. The Hall–Kier alpha value is -3.36. The fraction of sp³-hybridized carbons (Fsp3) is 0.375. The van der Waals surface area contributed by atoms with E-state index in [4.69, 9.17) is 16.3 Å². The van der Waals surface area contributed by atoms with Crippen LogP contribution in [0.3, 0.4) is 0 Å². The van der Waals surface area contributed by atoms with E-state index in [2.05, 4.69) is 0 Å². The van der Waals surface area contributed by atoms with Crippen LogP contribution in [0, 0.1) is 23.6 Å². The molecule has 0 saturated carbocycles. The minimum absolute atomic E-state index is 0.0567. The predicted octanol–water partition coefficient (Wildman–Crippen LogP) is 7.06. The number of carboxylic acid groups (broad SMARTS) is 1. The molecule has 1 heterocycles. The van der Waals surface area contributed by atoms with Gasteiger partial charge in [-0.2, -0.15) is 0 Å². The van der Waals surface area contributed by atoms with E-state index in [0.29, 0.717) is 61.2 Å². The van der Waals surface area contributed by atoms with Crippen LogP contribution >= 0.6 is 11.6 Å². The molecule has 3 aromatic rings. The van der Waals surface area contributed by atoms with Crippen molar-refractivity contribution in [2.24, 2.45) is 17.8 Å². The largest absolute Gasteiger partial charge is 0.481 e. The summed E-state index contributed by atoms with van der Waals surface area (Å²) in [4.78, 5) is 26.6. The van der Waals surface area contributed by atoms with Crippen LogP contribution in [0.1, 0.15) is 30.4 Å². The SMILES string of the molecule is CB(O)C[C@H](Cc1ccc(-c2cc(Cl)ccc2F)cc1)CC(C(=O)O)C1CCN(C(=O)OCc2ccccc2)CC1. The first-order valence-electron chi connectivity index (χ1n) is 14.1. The fourth-order valence-electron chi connectivity index (χ4n) is 5.77. The summed E-state index contributed by atoms with van der Waals surface area (Å²) in [6, 6.07) is 21.4. The van der Waals surface area contributed by atoms with E-state index >= 15 is 0 Å². The van der Waals surface area contributed by atoms with Crippen molar-refractivity contribution < 1.29 is 28.8 Å². The lowest BCUT2D eigenvalue weighted by atomic mass is 9.61. The van der Waals surface area contributed by atoms with Gasteiger partial charge in [0.05, 0.1) is 5.92 Å². The Bertz CT molecular complexity index is 1300. The van der Waals surface area contributed by atoms with Gasteiger partial charge in [-0.1, -0.05) is 73.0 Å². The number of piperidine rings is 1. The van der Waals surface area contributed by atoms with Crippen LogP contribution in [0.15, 0.2) is 72.8 Å². The van der Waals surface area contributed by atoms with Crippen molar-refractivity contribution in [1.82, 2.24) is 4.90 Å². The number of likely N-dealkylation sites (tertiary alicyclic amines) is 1. The first-order chi connectivity index (χ1) is 19.7. The van der Waals surface area contributed by atoms with Gasteiger partial charge in [-0.05, 0) is 78.7 Å². The maximum Gasteiger partial charge on any atom is 0.410 e. The monoisotopic (exact) mass is 579 g/mol. The Labute approximate surface area is 246 Å². The molecule has 0 radical (unpaired) electrons. The van der Waals surface area contributed by atoms with E-state index < -0.39 is 18.8 Å². The highest BCUT2D eigenvalue weighted by Gasteiger charge is 2.35. The van der Waals surface area contributed by atoms with Gasteiger partial charge in [0.2, 0.25) is 0 Å². The van der Waals surface area contributed by atoms with Gasteiger partial charge in [-0.3, -0.25) is 4.79 Å². The van der Waals surface area contributed by atoms with Crippen LogP contribution in [0.25, 0.3) is 11.1 Å². The maximum absolute atomic E-state index is 14.3. The van der Waals surface area contributed by atoms with Gasteiger partial charge in [0.15, 0.2) is 0 Å². The van der Waals surface area contributed by atoms with Crippen molar-refractivity contribution in [3.8, 4) is 11.1 Å². The molecule has 41 heavy (non-hydrogen) atoms. The van der Waals surface area contributed by atoms with Gasteiger partial charge in [-0.25, -0.2) is 9.18 Å². The number of ether oxygens (including phenoxy) is 1. The number of aliphatic carboxylic acids is 1. The van der Waals surface area contributed by atoms with Gasteiger partial charge in [0.25, 0.3) is 6.92 Å². The number of hydrogen-bond acceptors (Lipinski definition) is 4. The van der Waals surface area contributed by atoms with Crippen LogP contribution in [0.2, 0.25) is 18.2 Å². The molecule has 1 saturated heterocycles. The Morgan fingerprint density at radius 2 is 1.73 bits per heavy atom. The number of carboxylic acids is 1. The minimum atomic E-state index is -0.850. The molecule has 1 fully saturated rings. The Balaban J connectivity index is 1.36. The molecule has 4 rings (SSSR count). The van der Waals surface area contributed by atoms with Crippen LogP contribution in [-0.4, -0.2) is 47.1 Å². The molecule has 1 aliphatic heterocycles. The lowest BCUT2D eigenvalue weighted by molar-refractivity contribution is -0.145. The molecule has 1 amide bonds. The third-order valence-corrected chi connectivity index (χ3v) is 8.10. The van der Waals surface area contributed by atoms with Gasteiger partial charge in [0, 0.05) is 23.7 Å². The highest BCUT2D eigenvalue weighted by molar-refractivity contribution is 6.48. The third-order valence-electron chi connectivity index (χ3n) is 7.87. The number of benzene rings is 3. The number of carbonyl (C=O) groups excluding carboxylic acids is 1. The van der Waals surface area contributed by atoms with Crippen molar-refractivity contribution >= 4 is 30.6 Å². The lowest BCUT2D eigenvalue weighted by Gasteiger charge is -2.35. The Morgan fingerprint density at radius 3 is 2.37 bits per heavy atom. The summed E-state index contributed by atoms with van der Waals surface area (Å²) in [5, 5.41) is 20.8. The topological polar surface area (TPSA) is 87.1 Å². The quantitative estimate of drug-likeness (QED) is 0.238. The van der Waals surface area contributed by atoms with Gasteiger partial charge in [0.1, 0.15) is 12.4 Å². The van der Waals surface area contributed by atoms with E-state index in [0.717, 1.165) is 11.1 Å². The second-order valence-electron chi connectivity index (χ2n) is 11.0. The predicted molar refractivity (Wildman–Crippen MR) is 159 cm³/mol. The maximum atomic E-state index is 14.3. The first-order valence-corrected chi connectivity index (χ1v) is 14.5. The van der Waals surface area contributed by atoms with E-state index in [1.807, 2.05) is 54.6 Å². The van der Waals surface area contributed by atoms with Gasteiger partial charge >= 0.3 is 12.1 Å². The molecular weight excluding hydrogens is 544 g/mol. The molecule has 1 unspecified atom stereocenters. The Morgan fingerprint density at radius 1 is 1.05 bits per heavy atom. The molecule has 1 aliphatic rings. The second kappa shape index (κ2) is 14.5. The number of rotatable bonds is 11. The van der Waals surface area contributed by atoms with Crippen LogP contribution < -0.4 is 0 Å². The molecule has 3 aromatic carbocycles. The summed E-state index contributed by atoms with van der Waals surface area (Å²) in [7, 11) is 0. The summed E-state index contributed by atoms with van der Waals surface area (Å²) in [6.07, 6.45) is 2.27. The zero-order valence-electron chi connectivity index (χ0n) is 23.2. The zero-order chi connectivity index (χ0) is 29.4. The summed E-state index contributed by atoms with van der Waals surface area (Å²) in [5.74, 6) is -1.92. The average molecular weight is 580 g/mol. The van der Waals surface area contributed by atoms with Crippen LogP contribution in [-0.2, 0) is 22.6 Å². The normalized spacial score (nSPS) is 15.3. The summed E-state index contributed by atoms with van der Waals surface area (Å²) >= 11 is 6.05. The smallest absolute Gasteiger partial charge is 0.410 e. The average Bonchev–Trinajstić information content (AvgIpc) is 2.96. The van der Waals surface area contributed by atoms with E-state index in [1.165, 1.54) is 12.1 Å². The van der Waals surface area contributed by atoms with E-state index in [1.54, 1.807) is 17.8 Å². The molecule has 2 atom stereocenters. The second-order valence-corrected chi connectivity index (χ2v) is 11.5. The third kappa shape index (κ3) is 8.81. The minimum Gasteiger partial charge on any atom is -0.481 e. The molecule has 9 heteroatoms. The standard InChI is InChI=1S/C32H36BClFNO5/c1-33(40)20-24(17-22-7-9-25(10-8-22)28-19-27(34)11-12-30(28)35)18-29(31(37)38)26-13-15-36(16-14-26)32(39)41-21-23-5-3-2-4-6-23/h2-12,19,24,26,29,40H,13-18,20-21H2,1H3,(H,37,38)/t24-,29?/m1/s1. The molecule has 0 aliphatic carbocycles. The van der Waals surface area contributed by atoms with Crippen molar-refractivity contribution in [3.05, 3.63) is 94.8 Å². The molecule has 0 aromatic heterocycles. The van der Waals surface area contributed by atoms with E-state index in [-0.39, 0.29) is 30.4 Å². The number of hydrogen-bond donors (Lipinski definition) is 2. The molecule has 0 bridgehead atoms.